The molecule has 2 aromatic heterocycles. The number of rotatable bonds is 2. The number of imidazole rings is 1. The number of fused-ring (bicyclic) bond motifs is 1. The number of anilines is 1. The van der Waals surface area contributed by atoms with Crippen LogP contribution in [0.4, 0.5) is 5.95 Å². The third-order valence-electron chi connectivity index (χ3n) is 4.37. The van der Waals surface area contributed by atoms with E-state index in [0.29, 0.717) is 23.0 Å². The zero-order valence-corrected chi connectivity index (χ0v) is 14.8. The van der Waals surface area contributed by atoms with E-state index in [4.69, 9.17) is 11.6 Å². The van der Waals surface area contributed by atoms with Crippen LogP contribution in [0.2, 0.25) is 5.02 Å². The molecule has 0 bridgehead atoms. The largest absolute Gasteiger partial charge is 0.339 e. The van der Waals surface area contributed by atoms with Crippen molar-refractivity contribution in [1.29, 1.82) is 0 Å². The molecule has 1 aliphatic rings. The minimum absolute atomic E-state index is 0.0284. The van der Waals surface area contributed by atoms with Gasteiger partial charge in [-0.15, -0.1) is 11.3 Å². The Balaban J connectivity index is 1.52. The van der Waals surface area contributed by atoms with Gasteiger partial charge in [0.15, 0.2) is 0 Å². The van der Waals surface area contributed by atoms with Crippen LogP contribution in [0.15, 0.2) is 36.7 Å². The summed E-state index contributed by atoms with van der Waals surface area (Å²) in [5, 5.41) is 1.53. The molecule has 7 heteroatoms. The first-order chi connectivity index (χ1) is 11.6. The Morgan fingerprint density at radius 3 is 2.62 bits per heavy atom. The van der Waals surface area contributed by atoms with E-state index >= 15 is 0 Å². The van der Waals surface area contributed by atoms with Gasteiger partial charge in [0.1, 0.15) is 4.88 Å². The van der Waals surface area contributed by atoms with Crippen LogP contribution in [0.3, 0.4) is 0 Å². The maximum Gasteiger partial charge on any atom is 0.265 e. The first-order valence-electron chi connectivity index (χ1n) is 7.83. The van der Waals surface area contributed by atoms with Crippen LogP contribution in [0.25, 0.3) is 10.1 Å². The summed E-state index contributed by atoms with van der Waals surface area (Å²) in [6, 6.07) is 7.88. The van der Waals surface area contributed by atoms with Crippen molar-refractivity contribution in [3.8, 4) is 0 Å². The van der Waals surface area contributed by atoms with Crippen LogP contribution in [0, 0.1) is 0 Å². The van der Waals surface area contributed by atoms with Crippen molar-refractivity contribution < 1.29 is 4.79 Å². The molecule has 1 aromatic carbocycles. The number of benzene rings is 1. The molecule has 1 amide bonds. The number of piperazine rings is 1. The van der Waals surface area contributed by atoms with Crippen molar-refractivity contribution >= 4 is 44.9 Å². The van der Waals surface area contributed by atoms with Gasteiger partial charge in [-0.05, 0) is 6.07 Å². The van der Waals surface area contributed by atoms with Gasteiger partial charge >= 0.3 is 0 Å². The van der Waals surface area contributed by atoms with Gasteiger partial charge in [0.05, 0.1) is 5.02 Å². The van der Waals surface area contributed by atoms with Crippen LogP contribution in [0.1, 0.15) is 9.67 Å². The summed E-state index contributed by atoms with van der Waals surface area (Å²) in [4.78, 5) is 22.0. The molecule has 0 spiro atoms. The SMILES string of the molecule is Cn1ccnc1N1CCN(C(=O)c2sc3ccccc3c2Cl)CC1. The summed E-state index contributed by atoms with van der Waals surface area (Å²) in [6.07, 6.45) is 3.73. The van der Waals surface area contributed by atoms with E-state index in [2.05, 4.69) is 9.88 Å². The highest BCUT2D eigenvalue weighted by atomic mass is 35.5. The summed E-state index contributed by atoms with van der Waals surface area (Å²) < 4.78 is 3.05. The lowest BCUT2D eigenvalue weighted by molar-refractivity contribution is 0.0751. The molecule has 0 unspecified atom stereocenters. The normalized spacial score (nSPS) is 15.2. The van der Waals surface area contributed by atoms with Crippen LogP contribution in [-0.2, 0) is 7.05 Å². The number of nitrogens with zero attached hydrogens (tertiary/aromatic N) is 4. The summed E-state index contributed by atoms with van der Waals surface area (Å²) in [7, 11) is 1.98. The maximum absolute atomic E-state index is 12.9. The van der Waals surface area contributed by atoms with E-state index in [0.717, 1.165) is 29.1 Å². The molecule has 1 saturated heterocycles. The van der Waals surface area contributed by atoms with Crippen LogP contribution < -0.4 is 4.90 Å². The number of halogens is 1. The molecule has 0 N–H and O–H groups in total. The van der Waals surface area contributed by atoms with Crippen molar-refractivity contribution in [1.82, 2.24) is 14.5 Å². The molecule has 0 atom stereocenters. The number of hydrogen-bond acceptors (Lipinski definition) is 4. The number of aryl methyl sites for hydroxylation is 1. The standard InChI is InChI=1S/C17H17ClN4OS/c1-20-7-6-19-17(20)22-10-8-21(9-11-22)16(23)15-14(18)12-4-2-3-5-13(12)24-15/h2-7H,8-11H2,1H3. The van der Waals surface area contributed by atoms with E-state index in [1.165, 1.54) is 11.3 Å². The van der Waals surface area contributed by atoms with Gasteiger partial charge in [-0.1, -0.05) is 29.8 Å². The second kappa shape index (κ2) is 6.11. The summed E-state index contributed by atoms with van der Waals surface area (Å²) in [5.74, 6) is 0.975. The lowest BCUT2D eigenvalue weighted by Crippen LogP contribution is -2.49. The highest BCUT2D eigenvalue weighted by Gasteiger charge is 2.27. The fourth-order valence-corrected chi connectivity index (χ4v) is 4.55. The van der Waals surface area contributed by atoms with Gasteiger partial charge in [0, 0.05) is 55.7 Å². The predicted molar refractivity (Wildman–Crippen MR) is 98.2 cm³/mol. The summed E-state index contributed by atoms with van der Waals surface area (Å²) >= 11 is 7.91. The molecule has 0 radical (unpaired) electrons. The average molecular weight is 361 g/mol. The molecule has 124 valence electrons. The Morgan fingerprint density at radius 2 is 1.96 bits per heavy atom. The lowest BCUT2D eigenvalue weighted by Gasteiger charge is -2.35. The minimum Gasteiger partial charge on any atom is -0.339 e. The van der Waals surface area contributed by atoms with E-state index in [1.807, 2.05) is 47.0 Å². The molecule has 1 fully saturated rings. The molecule has 5 nitrogen and oxygen atoms in total. The third kappa shape index (κ3) is 2.56. The fraction of sp³-hybridized carbons (Fsp3) is 0.294. The van der Waals surface area contributed by atoms with Crippen molar-refractivity contribution in [2.75, 3.05) is 31.1 Å². The summed E-state index contributed by atoms with van der Waals surface area (Å²) in [6.45, 7) is 2.91. The Hall–Kier alpha value is -2.05. The Labute approximate surface area is 149 Å². The minimum atomic E-state index is 0.0284. The first kappa shape index (κ1) is 15.5. The van der Waals surface area contributed by atoms with Gasteiger partial charge in [0.25, 0.3) is 5.91 Å². The number of carbonyl (C=O) groups excluding carboxylic acids is 1. The van der Waals surface area contributed by atoms with Crippen LogP contribution in [-0.4, -0.2) is 46.5 Å². The molecule has 0 aliphatic carbocycles. The van der Waals surface area contributed by atoms with E-state index in [9.17, 15) is 4.79 Å². The smallest absolute Gasteiger partial charge is 0.265 e. The molecule has 3 heterocycles. The van der Waals surface area contributed by atoms with Gasteiger partial charge in [-0.2, -0.15) is 0 Å². The number of carbonyl (C=O) groups is 1. The van der Waals surface area contributed by atoms with Crippen molar-refractivity contribution in [2.24, 2.45) is 7.05 Å². The maximum atomic E-state index is 12.9. The third-order valence-corrected chi connectivity index (χ3v) is 6.04. The highest BCUT2D eigenvalue weighted by molar-refractivity contribution is 7.21. The van der Waals surface area contributed by atoms with Crippen molar-refractivity contribution in [3.05, 3.63) is 46.6 Å². The average Bonchev–Trinajstić information content (AvgIpc) is 3.18. The topological polar surface area (TPSA) is 41.4 Å². The van der Waals surface area contributed by atoms with Gasteiger partial charge in [-0.3, -0.25) is 4.79 Å². The molecular weight excluding hydrogens is 344 g/mol. The lowest BCUT2D eigenvalue weighted by atomic mass is 10.2. The molecule has 4 rings (SSSR count). The molecule has 24 heavy (non-hydrogen) atoms. The zero-order chi connectivity index (χ0) is 16.7. The second-order valence-corrected chi connectivity index (χ2v) is 7.29. The van der Waals surface area contributed by atoms with E-state index in [-0.39, 0.29) is 5.91 Å². The Morgan fingerprint density at radius 1 is 1.21 bits per heavy atom. The number of amides is 1. The number of hydrogen-bond donors (Lipinski definition) is 0. The second-order valence-electron chi connectivity index (χ2n) is 5.86. The van der Waals surface area contributed by atoms with E-state index < -0.39 is 0 Å². The number of thiophene rings is 1. The number of aromatic nitrogens is 2. The monoisotopic (exact) mass is 360 g/mol. The van der Waals surface area contributed by atoms with Gasteiger partial charge in [0.2, 0.25) is 5.95 Å². The molecule has 3 aromatic rings. The zero-order valence-electron chi connectivity index (χ0n) is 13.3. The van der Waals surface area contributed by atoms with Gasteiger partial charge in [-0.25, -0.2) is 4.98 Å². The van der Waals surface area contributed by atoms with Crippen LogP contribution >= 0.6 is 22.9 Å². The van der Waals surface area contributed by atoms with Crippen molar-refractivity contribution in [2.45, 2.75) is 0 Å². The van der Waals surface area contributed by atoms with Gasteiger partial charge < -0.3 is 14.4 Å². The predicted octanol–water partition coefficient (Wildman–Crippen LogP) is 3.25. The van der Waals surface area contributed by atoms with Crippen molar-refractivity contribution in [3.63, 3.8) is 0 Å². The first-order valence-corrected chi connectivity index (χ1v) is 9.03. The van der Waals surface area contributed by atoms with E-state index in [1.54, 1.807) is 6.20 Å². The molecule has 0 saturated carbocycles. The van der Waals surface area contributed by atoms with Crippen LogP contribution in [0.5, 0.6) is 0 Å². The summed E-state index contributed by atoms with van der Waals surface area (Å²) in [5.41, 5.74) is 0. The Bertz CT molecular complexity index is 895. The Kier molecular flexibility index (Phi) is 3.94. The molecule has 1 aliphatic heterocycles. The highest BCUT2D eigenvalue weighted by Crippen LogP contribution is 2.36. The fourth-order valence-electron chi connectivity index (χ4n) is 3.07. The molecular formula is C17H17ClN4OS. The quantitative estimate of drug-likeness (QED) is 0.704.